The van der Waals surface area contributed by atoms with Gasteiger partial charge in [0.2, 0.25) is 0 Å². The summed E-state index contributed by atoms with van der Waals surface area (Å²) in [5.41, 5.74) is 2.65. The lowest BCUT2D eigenvalue weighted by atomic mass is 9.86. The van der Waals surface area contributed by atoms with Crippen molar-refractivity contribution in [3.8, 4) is 0 Å². The highest BCUT2D eigenvalue weighted by Crippen LogP contribution is 2.47. The summed E-state index contributed by atoms with van der Waals surface area (Å²) in [5.74, 6) is 0.0424. The largest absolute Gasteiger partial charge is 0.361 e. The molecule has 3 aliphatic rings. The van der Waals surface area contributed by atoms with E-state index in [-0.39, 0.29) is 11.6 Å². The van der Waals surface area contributed by atoms with Gasteiger partial charge in [-0.2, -0.15) is 0 Å². The molecule has 2 aromatic rings. The van der Waals surface area contributed by atoms with Crippen molar-refractivity contribution in [2.45, 2.75) is 43.6 Å². The Kier molecular flexibility index (Phi) is 2.94. The zero-order valence-electron chi connectivity index (χ0n) is 13.4. The van der Waals surface area contributed by atoms with Gasteiger partial charge in [-0.1, -0.05) is 12.1 Å². The number of hydrogen-bond acceptors (Lipinski definition) is 4. The number of hydrogen-bond donors (Lipinski definition) is 2. The number of anilines is 1. The summed E-state index contributed by atoms with van der Waals surface area (Å²) in [5, 5.41) is 6.96. The maximum absolute atomic E-state index is 12.6. The van der Waals surface area contributed by atoms with Crippen molar-refractivity contribution in [2.24, 2.45) is 0 Å². The molecule has 2 fully saturated rings. The molecule has 122 valence electrons. The van der Waals surface area contributed by atoms with Crippen LogP contribution in [0.15, 0.2) is 48.8 Å². The van der Waals surface area contributed by atoms with Crippen molar-refractivity contribution in [1.82, 2.24) is 15.2 Å². The lowest BCUT2D eigenvalue weighted by Crippen LogP contribution is -2.64. The lowest BCUT2D eigenvalue weighted by molar-refractivity contribution is 0.0870. The van der Waals surface area contributed by atoms with Gasteiger partial charge < -0.3 is 10.6 Å². The molecule has 3 aliphatic heterocycles. The number of nitrogens with one attached hydrogen (secondary N) is 2. The number of amides is 1. The van der Waals surface area contributed by atoms with Gasteiger partial charge in [-0.05, 0) is 42.7 Å². The van der Waals surface area contributed by atoms with Gasteiger partial charge in [0.25, 0.3) is 5.91 Å². The zero-order valence-corrected chi connectivity index (χ0v) is 13.4. The fourth-order valence-electron chi connectivity index (χ4n) is 4.73. The second-order valence-corrected chi connectivity index (χ2v) is 7.07. The van der Waals surface area contributed by atoms with E-state index in [1.807, 2.05) is 36.7 Å². The maximum atomic E-state index is 12.6. The van der Waals surface area contributed by atoms with Crippen molar-refractivity contribution in [3.63, 3.8) is 0 Å². The van der Waals surface area contributed by atoms with E-state index < -0.39 is 0 Å². The van der Waals surface area contributed by atoms with Crippen LogP contribution in [-0.4, -0.2) is 33.5 Å². The molecule has 5 nitrogen and oxygen atoms in total. The van der Waals surface area contributed by atoms with Gasteiger partial charge in [-0.15, -0.1) is 0 Å². The predicted molar refractivity (Wildman–Crippen MR) is 91.5 cm³/mol. The van der Waals surface area contributed by atoms with E-state index in [1.54, 1.807) is 0 Å². The molecule has 3 atom stereocenters. The van der Waals surface area contributed by atoms with E-state index in [2.05, 4.69) is 32.7 Å². The number of benzene rings is 1. The lowest BCUT2D eigenvalue weighted by Gasteiger charge is -2.43. The number of carbonyl (C=O) groups excluding carboxylic acids is 1. The van der Waals surface area contributed by atoms with Crippen LogP contribution in [0.2, 0.25) is 0 Å². The third-order valence-corrected chi connectivity index (χ3v) is 5.75. The van der Waals surface area contributed by atoms with Crippen molar-refractivity contribution in [1.29, 1.82) is 0 Å². The third kappa shape index (κ3) is 1.97. The minimum atomic E-state index is -0.332. The van der Waals surface area contributed by atoms with E-state index in [4.69, 9.17) is 0 Å². The highest BCUT2D eigenvalue weighted by Gasteiger charge is 2.58. The summed E-state index contributed by atoms with van der Waals surface area (Å²) in [7, 11) is 0. The Hall–Kier alpha value is -2.40. The van der Waals surface area contributed by atoms with Gasteiger partial charge in [-0.25, -0.2) is 0 Å². The first-order valence-electron chi connectivity index (χ1n) is 8.60. The quantitative estimate of drug-likeness (QED) is 0.892. The summed E-state index contributed by atoms with van der Waals surface area (Å²) < 4.78 is 0. The Morgan fingerprint density at radius 1 is 1.12 bits per heavy atom. The topological polar surface area (TPSA) is 57.3 Å². The first-order chi connectivity index (χ1) is 11.8. The number of pyridine rings is 1. The fraction of sp³-hybridized carbons (Fsp3) is 0.368. The summed E-state index contributed by atoms with van der Waals surface area (Å²) in [6.45, 7) is 0.915. The molecule has 0 aliphatic carbocycles. The molecule has 1 spiro atoms. The van der Waals surface area contributed by atoms with Crippen LogP contribution < -0.4 is 10.6 Å². The Morgan fingerprint density at radius 2 is 1.96 bits per heavy atom. The van der Waals surface area contributed by atoms with Gasteiger partial charge in [0, 0.05) is 37.1 Å². The molecular formula is C19H20N4O. The number of rotatable bonds is 2. The molecule has 4 heterocycles. The van der Waals surface area contributed by atoms with Gasteiger partial charge >= 0.3 is 0 Å². The van der Waals surface area contributed by atoms with Gasteiger partial charge in [0.05, 0.1) is 11.6 Å². The number of nitrogens with zero attached hydrogens (tertiary/aromatic N) is 2. The monoisotopic (exact) mass is 320 g/mol. The summed E-state index contributed by atoms with van der Waals surface area (Å²) in [6.07, 6.45) is 6.98. The van der Waals surface area contributed by atoms with Gasteiger partial charge in [0.15, 0.2) is 0 Å². The second kappa shape index (κ2) is 5.05. The van der Waals surface area contributed by atoms with Crippen LogP contribution >= 0.6 is 0 Å². The van der Waals surface area contributed by atoms with Crippen LogP contribution in [0.25, 0.3) is 0 Å². The Labute approximate surface area is 141 Å². The number of carbonyl (C=O) groups is 1. The van der Waals surface area contributed by atoms with Crippen molar-refractivity contribution < 1.29 is 4.79 Å². The molecule has 2 saturated heterocycles. The maximum Gasteiger partial charge on any atom is 0.255 e. The highest BCUT2D eigenvalue weighted by atomic mass is 16.2. The SMILES string of the molecule is O=C1N[C@@]2(C[C@@H]3CC[C@@H]2N3Cc2ccncc2)Nc2ccccc21. The smallest absolute Gasteiger partial charge is 0.255 e. The van der Waals surface area contributed by atoms with Crippen LogP contribution in [0.5, 0.6) is 0 Å². The van der Waals surface area contributed by atoms with Crippen LogP contribution in [-0.2, 0) is 6.54 Å². The molecule has 0 unspecified atom stereocenters. The average Bonchev–Trinajstić information content (AvgIpc) is 3.10. The number of para-hydroxylation sites is 1. The molecule has 5 heteroatoms. The molecule has 1 aromatic heterocycles. The van der Waals surface area contributed by atoms with Crippen LogP contribution in [0, 0.1) is 0 Å². The molecule has 1 amide bonds. The number of fused-ring (bicyclic) bond motifs is 4. The molecule has 0 saturated carbocycles. The first kappa shape index (κ1) is 14.0. The van der Waals surface area contributed by atoms with Crippen molar-refractivity contribution in [2.75, 3.05) is 5.32 Å². The molecule has 0 radical (unpaired) electrons. The minimum absolute atomic E-state index is 0.0424. The molecule has 1 aromatic carbocycles. The average molecular weight is 320 g/mol. The van der Waals surface area contributed by atoms with E-state index in [9.17, 15) is 4.79 Å². The Bertz CT molecular complexity index is 793. The van der Waals surface area contributed by atoms with Crippen molar-refractivity contribution in [3.05, 3.63) is 59.9 Å². The normalized spacial score (nSPS) is 30.9. The molecule has 2 N–H and O–H groups in total. The molecule has 5 rings (SSSR count). The van der Waals surface area contributed by atoms with Crippen molar-refractivity contribution >= 4 is 11.6 Å². The minimum Gasteiger partial charge on any atom is -0.361 e. The van der Waals surface area contributed by atoms with E-state index in [1.165, 1.54) is 12.0 Å². The third-order valence-electron chi connectivity index (χ3n) is 5.75. The van der Waals surface area contributed by atoms with E-state index >= 15 is 0 Å². The Balaban J connectivity index is 1.46. The molecule has 24 heavy (non-hydrogen) atoms. The summed E-state index contributed by atoms with van der Waals surface area (Å²) >= 11 is 0. The molecule has 2 bridgehead atoms. The fourth-order valence-corrected chi connectivity index (χ4v) is 4.73. The summed E-state index contributed by atoms with van der Waals surface area (Å²) in [6, 6.07) is 12.8. The first-order valence-corrected chi connectivity index (χ1v) is 8.60. The van der Waals surface area contributed by atoms with E-state index in [0.29, 0.717) is 12.1 Å². The molecular weight excluding hydrogens is 300 g/mol. The van der Waals surface area contributed by atoms with E-state index in [0.717, 1.165) is 30.6 Å². The summed E-state index contributed by atoms with van der Waals surface area (Å²) in [4.78, 5) is 19.3. The highest BCUT2D eigenvalue weighted by molar-refractivity contribution is 6.02. The zero-order chi connectivity index (χ0) is 16.1. The standard InChI is InChI=1S/C19H20N4O/c24-18-15-3-1-2-4-16(15)21-19(22-18)11-14-5-6-17(19)23(14)12-13-7-9-20-10-8-13/h1-4,7-10,14,17,21H,5-6,11-12H2,(H,22,24)/t14-,17-,19+/m0/s1. The van der Waals surface area contributed by atoms with Crippen LogP contribution in [0.3, 0.4) is 0 Å². The van der Waals surface area contributed by atoms with Gasteiger partial charge in [-0.3, -0.25) is 14.7 Å². The second-order valence-electron chi connectivity index (χ2n) is 7.07. The van der Waals surface area contributed by atoms with Gasteiger partial charge in [0.1, 0.15) is 5.66 Å². The Morgan fingerprint density at radius 3 is 2.83 bits per heavy atom. The predicted octanol–water partition coefficient (Wildman–Crippen LogP) is 2.37. The number of aromatic nitrogens is 1. The van der Waals surface area contributed by atoms with Crippen LogP contribution in [0.1, 0.15) is 35.2 Å². The van der Waals surface area contributed by atoms with Crippen LogP contribution in [0.4, 0.5) is 5.69 Å².